The second kappa shape index (κ2) is 14.6. The average molecular weight is 631 g/mol. The topological polar surface area (TPSA) is 163 Å². The van der Waals surface area contributed by atoms with E-state index in [9.17, 15) is 29.4 Å². The number of rotatable bonds is 13. The molecule has 4 heterocycles. The van der Waals surface area contributed by atoms with Gasteiger partial charge in [0.05, 0.1) is 6.42 Å². The van der Waals surface area contributed by atoms with Crippen molar-refractivity contribution in [3.05, 3.63) is 39.4 Å². The molecule has 44 heavy (non-hydrogen) atoms. The van der Waals surface area contributed by atoms with Gasteiger partial charge in [-0.25, -0.2) is 4.99 Å². The quantitative estimate of drug-likeness (QED) is 0.175. The monoisotopic (exact) mass is 630 g/mol. The maximum atomic E-state index is 12.5. The number of allylic oxidation sites excluding steroid dienone is 2. The molecule has 6 N–H and O–H groups in total. The van der Waals surface area contributed by atoms with Crippen LogP contribution in [0.25, 0.3) is 6.08 Å². The second-order valence-electron chi connectivity index (χ2n) is 12.5. The van der Waals surface area contributed by atoms with Gasteiger partial charge in [0.1, 0.15) is 0 Å². The molecule has 1 aromatic rings. The Morgan fingerprint density at radius 1 is 0.909 bits per heavy atom. The molecule has 2 saturated heterocycles. The van der Waals surface area contributed by atoms with Crippen molar-refractivity contribution in [2.24, 2.45) is 23.7 Å². The first kappa shape index (κ1) is 35.1. The van der Waals surface area contributed by atoms with Gasteiger partial charge in [0.15, 0.2) is 5.71 Å². The molecule has 0 saturated carbocycles. The molecule has 4 rings (SSSR count). The number of hydrogen-bond donors (Lipinski definition) is 6. The molecular weight excluding hydrogens is 584 g/mol. The minimum atomic E-state index is -0.881. The molecule has 3 aliphatic rings. The highest BCUT2D eigenvalue weighted by Gasteiger charge is 2.41. The summed E-state index contributed by atoms with van der Waals surface area (Å²) in [7, 11) is 0. The number of nitrogens with one attached hydrogen (secondary N) is 4. The van der Waals surface area contributed by atoms with E-state index in [0.717, 1.165) is 57.9 Å². The summed E-state index contributed by atoms with van der Waals surface area (Å²) >= 11 is 0. The molecule has 242 valence electrons. The highest BCUT2D eigenvalue weighted by atomic mass is 35.5. The molecular formula is C33H47ClN4O6. The first-order valence-electron chi connectivity index (χ1n) is 15.7. The fraction of sp³-hybridized carbons (Fsp3) is 0.606. The summed E-state index contributed by atoms with van der Waals surface area (Å²) in [6.45, 7) is 12.2. The number of hydrogen-bond acceptors (Lipinski definition) is 4. The zero-order chi connectivity index (χ0) is 31.6. The van der Waals surface area contributed by atoms with Crippen LogP contribution < -0.4 is 28.0 Å². The van der Waals surface area contributed by atoms with E-state index in [1.165, 1.54) is 0 Å². The van der Waals surface area contributed by atoms with Crippen molar-refractivity contribution in [3.63, 3.8) is 0 Å². The fourth-order valence-electron chi connectivity index (χ4n) is 7.32. The van der Waals surface area contributed by atoms with E-state index in [-0.39, 0.29) is 72.8 Å². The van der Waals surface area contributed by atoms with Crippen LogP contribution in [0.3, 0.4) is 0 Å². The lowest BCUT2D eigenvalue weighted by molar-refractivity contribution is -0.388. The van der Waals surface area contributed by atoms with Crippen molar-refractivity contribution in [3.8, 4) is 0 Å². The molecule has 0 aliphatic carbocycles. The SMILES string of the molecule is CCC1C(=O)NC(Cc2[nH]c(/C=C3/[NH+]=C(CC4NC(=O)C(C)C4CC)C(C)=C3CCC(=O)O)c(CCC(=O)O)c2C)C1C.[Cl-]. The van der Waals surface area contributed by atoms with Gasteiger partial charge in [-0.2, -0.15) is 0 Å². The lowest BCUT2D eigenvalue weighted by Gasteiger charge is -2.18. The number of carboxylic acid groups (broad SMARTS) is 2. The second-order valence-corrected chi connectivity index (χ2v) is 12.5. The Morgan fingerprint density at radius 3 is 2.14 bits per heavy atom. The molecule has 10 nitrogen and oxygen atoms in total. The van der Waals surface area contributed by atoms with Crippen molar-refractivity contribution in [2.45, 2.75) is 105 Å². The first-order valence-corrected chi connectivity index (χ1v) is 15.7. The zero-order valence-corrected chi connectivity index (χ0v) is 27.4. The number of aromatic nitrogens is 1. The maximum absolute atomic E-state index is 12.5. The smallest absolute Gasteiger partial charge is 0.303 e. The number of amides is 2. The minimum absolute atomic E-state index is 0. The van der Waals surface area contributed by atoms with Crippen molar-refractivity contribution >= 4 is 35.5 Å². The molecule has 3 aliphatic heterocycles. The number of aliphatic carboxylic acids is 2. The van der Waals surface area contributed by atoms with Gasteiger partial charge in [0.2, 0.25) is 17.5 Å². The average Bonchev–Trinajstić information content (AvgIpc) is 3.59. The third-order valence-corrected chi connectivity index (χ3v) is 10.1. The summed E-state index contributed by atoms with van der Waals surface area (Å²) in [4.78, 5) is 55.1. The van der Waals surface area contributed by atoms with Crippen LogP contribution in [0.4, 0.5) is 0 Å². The number of halogens is 1. The fourth-order valence-corrected chi connectivity index (χ4v) is 7.32. The molecule has 2 fully saturated rings. The van der Waals surface area contributed by atoms with Crippen LogP contribution in [0.2, 0.25) is 0 Å². The Bertz CT molecular complexity index is 1390. The van der Waals surface area contributed by atoms with Gasteiger partial charge < -0.3 is 38.2 Å². The van der Waals surface area contributed by atoms with E-state index in [1.807, 2.05) is 33.8 Å². The highest BCUT2D eigenvalue weighted by Crippen LogP contribution is 2.33. The summed E-state index contributed by atoms with van der Waals surface area (Å²) < 4.78 is 0. The molecule has 11 heteroatoms. The molecule has 6 unspecified atom stereocenters. The van der Waals surface area contributed by atoms with Crippen LogP contribution >= 0.6 is 0 Å². The van der Waals surface area contributed by atoms with Crippen molar-refractivity contribution in [2.75, 3.05) is 0 Å². The summed E-state index contributed by atoms with van der Waals surface area (Å²) in [6.07, 6.45) is 5.51. The van der Waals surface area contributed by atoms with E-state index < -0.39 is 11.9 Å². The summed E-state index contributed by atoms with van der Waals surface area (Å²) in [5.74, 6) is -1.30. The van der Waals surface area contributed by atoms with Gasteiger partial charge in [0, 0.05) is 71.8 Å². The Labute approximate surface area is 265 Å². The Kier molecular flexibility index (Phi) is 11.6. The van der Waals surface area contributed by atoms with Gasteiger partial charge in [-0.3, -0.25) is 19.2 Å². The standard InChI is InChI=1S/C33H46N4O6.ClH/c1-7-20-19(6)32(42)37-27(20)14-25-18(5)23(10-12-31(40)41)29(35-25)15-28-22(9-11-30(38)39)17(4)24(34-28)13-26-16(3)21(8-2)33(43)36-26;/h15-16,19-21,26-27,34H,7-14H2,1-6H3,(H,36,43)(H,37,42)(H,38,39)(H,40,41);1H/b29-15+;. The number of H-pyrrole nitrogens is 1. The van der Waals surface area contributed by atoms with Gasteiger partial charge in [-0.1, -0.05) is 34.1 Å². The molecule has 1 aromatic heterocycles. The maximum Gasteiger partial charge on any atom is 0.303 e. The highest BCUT2D eigenvalue weighted by molar-refractivity contribution is 6.00. The third-order valence-electron chi connectivity index (χ3n) is 10.1. The summed E-state index contributed by atoms with van der Waals surface area (Å²) in [5, 5.41) is 25.2. The van der Waals surface area contributed by atoms with Crippen LogP contribution in [-0.4, -0.2) is 56.7 Å². The molecule has 0 bridgehead atoms. The minimum Gasteiger partial charge on any atom is -1.00 e. The number of aromatic amines is 1. The van der Waals surface area contributed by atoms with E-state index in [2.05, 4.69) is 34.5 Å². The molecule has 0 aromatic carbocycles. The summed E-state index contributed by atoms with van der Waals surface area (Å²) in [5.41, 5.74) is 7.29. The Morgan fingerprint density at radius 2 is 1.55 bits per heavy atom. The predicted octanol–water partition coefficient (Wildman–Crippen LogP) is -0.344. The van der Waals surface area contributed by atoms with E-state index in [0.29, 0.717) is 25.7 Å². The van der Waals surface area contributed by atoms with Gasteiger partial charge in [0.25, 0.3) is 0 Å². The van der Waals surface area contributed by atoms with Gasteiger partial charge in [-0.05, 0) is 56.1 Å². The van der Waals surface area contributed by atoms with Crippen LogP contribution in [0.5, 0.6) is 0 Å². The third kappa shape index (κ3) is 7.28. The number of carbonyl (C=O) groups excluding carboxylic acids is 2. The van der Waals surface area contributed by atoms with Crippen molar-refractivity contribution in [1.29, 1.82) is 0 Å². The first-order chi connectivity index (χ1) is 20.4. The van der Waals surface area contributed by atoms with E-state index in [1.54, 1.807) is 0 Å². The van der Waals surface area contributed by atoms with Crippen molar-refractivity contribution in [1.82, 2.24) is 15.6 Å². The van der Waals surface area contributed by atoms with Gasteiger partial charge in [-0.15, -0.1) is 0 Å². The predicted molar refractivity (Wildman–Crippen MR) is 163 cm³/mol. The Balaban J connectivity index is 0.00000529. The number of carbonyl (C=O) groups is 4. The normalized spacial score (nSPS) is 27.4. The van der Waals surface area contributed by atoms with Crippen LogP contribution in [-0.2, 0) is 32.0 Å². The van der Waals surface area contributed by atoms with E-state index >= 15 is 0 Å². The van der Waals surface area contributed by atoms with E-state index in [4.69, 9.17) is 0 Å². The van der Waals surface area contributed by atoms with Crippen LogP contribution in [0.15, 0.2) is 16.8 Å². The lowest BCUT2D eigenvalue weighted by Crippen LogP contribution is -3.00. The van der Waals surface area contributed by atoms with Crippen molar-refractivity contribution < 1.29 is 46.8 Å². The Hall–Kier alpha value is -3.40. The van der Waals surface area contributed by atoms with Crippen LogP contribution in [0, 0.1) is 30.6 Å². The largest absolute Gasteiger partial charge is 1.00 e. The van der Waals surface area contributed by atoms with Gasteiger partial charge >= 0.3 is 11.9 Å². The zero-order valence-electron chi connectivity index (χ0n) is 26.6. The number of carboxylic acids is 2. The molecule has 0 spiro atoms. The lowest BCUT2D eigenvalue weighted by atomic mass is 9.86. The summed E-state index contributed by atoms with van der Waals surface area (Å²) in [6, 6.07) is -0.0259. The molecule has 6 atom stereocenters. The molecule has 2 amide bonds. The van der Waals surface area contributed by atoms with Crippen LogP contribution in [0.1, 0.15) is 95.7 Å². The molecule has 0 radical (unpaired) electrons.